The molecule has 19 heavy (non-hydrogen) atoms. The lowest BCUT2D eigenvalue weighted by Gasteiger charge is -2.23. The minimum absolute atomic E-state index is 0.0215. The van der Waals surface area contributed by atoms with Gasteiger partial charge in [-0.15, -0.1) is 0 Å². The molecule has 1 saturated heterocycles. The van der Waals surface area contributed by atoms with Crippen LogP contribution in [0, 0.1) is 19.7 Å². The Morgan fingerprint density at radius 2 is 2.05 bits per heavy atom. The van der Waals surface area contributed by atoms with Gasteiger partial charge in [0.2, 0.25) is 5.91 Å². The zero-order valence-electron chi connectivity index (χ0n) is 11.3. The second kappa shape index (κ2) is 6.12. The molecule has 1 aromatic carbocycles. The van der Waals surface area contributed by atoms with Crippen molar-refractivity contribution in [1.82, 2.24) is 16.0 Å². The predicted octanol–water partition coefficient (Wildman–Crippen LogP) is 0.620. The highest BCUT2D eigenvalue weighted by Crippen LogP contribution is 2.14. The monoisotopic (exact) mass is 265 g/mol. The van der Waals surface area contributed by atoms with Crippen molar-refractivity contribution in [3.05, 3.63) is 34.6 Å². The molecule has 0 aliphatic carbocycles. The summed E-state index contributed by atoms with van der Waals surface area (Å²) in [4.78, 5) is 11.9. The van der Waals surface area contributed by atoms with E-state index in [4.69, 9.17) is 0 Å². The molecular weight excluding hydrogens is 245 g/mol. The Morgan fingerprint density at radius 1 is 1.37 bits per heavy atom. The van der Waals surface area contributed by atoms with Crippen molar-refractivity contribution < 1.29 is 9.18 Å². The molecule has 2 rings (SSSR count). The number of rotatable bonds is 3. The van der Waals surface area contributed by atoms with Crippen LogP contribution >= 0.6 is 0 Å². The van der Waals surface area contributed by atoms with Gasteiger partial charge < -0.3 is 16.0 Å². The number of piperazine rings is 1. The summed E-state index contributed by atoms with van der Waals surface area (Å²) in [6.45, 7) is 6.24. The highest BCUT2D eigenvalue weighted by molar-refractivity contribution is 5.82. The van der Waals surface area contributed by atoms with Crippen molar-refractivity contribution in [3.8, 4) is 0 Å². The Morgan fingerprint density at radius 3 is 2.63 bits per heavy atom. The second-order valence-corrected chi connectivity index (χ2v) is 4.97. The SMILES string of the molecule is Cc1cc(CNC(=O)C2CNCCN2)cc(C)c1F. The van der Waals surface area contributed by atoms with Gasteiger partial charge in [-0.2, -0.15) is 0 Å². The first-order chi connectivity index (χ1) is 9.08. The third-order valence-electron chi connectivity index (χ3n) is 3.32. The van der Waals surface area contributed by atoms with Crippen LogP contribution < -0.4 is 16.0 Å². The van der Waals surface area contributed by atoms with Crippen LogP contribution in [0.15, 0.2) is 12.1 Å². The Hall–Kier alpha value is -1.46. The molecule has 1 heterocycles. The zero-order chi connectivity index (χ0) is 13.8. The lowest BCUT2D eigenvalue weighted by molar-refractivity contribution is -0.123. The Labute approximate surface area is 112 Å². The molecule has 5 heteroatoms. The van der Waals surface area contributed by atoms with Gasteiger partial charge in [-0.3, -0.25) is 4.79 Å². The summed E-state index contributed by atoms with van der Waals surface area (Å²) in [6.07, 6.45) is 0. The molecule has 1 fully saturated rings. The fourth-order valence-electron chi connectivity index (χ4n) is 2.29. The Bertz CT molecular complexity index is 447. The normalized spacial score (nSPS) is 19.2. The third-order valence-corrected chi connectivity index (χ3v) is 3.32. The van der Waals surface area contributed by atoms with E-state index >= 15 is 0 Å². The van der Waals surface area contributed by atoms with E-state index in [1.54, 1.807) is 26.0 Å². The van der Waals surface area contributed by atoms with Crippen LogP contribution in [0.1, 0.15) is 16.7 Å². The molecular formula is C14H20FN3O. The molecule has 1 amide bonds. The van der Waals surface area contributed by atoms with E-state index in [0.29, 0.717) is 24.2 Å². The maximum atomic E-state index is 13.5. The van der Waals surface area contributed by atoms with Crippen molar-refractivity contribution in [3.63, 3.8) is 0 Å². The van der Waals surface area contributed by atoms with Gasteiger partial charge in [-0.25, -0.2) is 4.39 Å². The van der Waals surface area contributed by atoms with Gasteiger partial charge in [0.1, 0.15) is 5.82 Å². The lowest BCUT2D eigenvalue weighted by atomic mass is 10.1. The van der Waals surface area contributed by atoms with Crippen molar-refractivity contribution in [2.24, 2.45) is 0 Å². The molecule has 0 radical (unpaired) electrons. The van der Waals surface area contributed by atoms with Crippen LogP contribution in [0.3, 0.4) is 0 Å². The van der Waals surface area contributed by atoms with Crippen LogP contribution in [0.25, 0.3) is 0 Å². The summed E-state index contributed by atoms with van der Waals surface area (Å²) in [5.74, 6) is -0.194. The van der Waals surface area contributed by atoms with Gasteiger partial charge in [0.15, 0.2) is 0 Å². The number of benzene rings is 1. The molecule has 3 N–H and O–H groups in total. The van der Waals surface area contributed by atoms with Gasteiger partial charge >= 0.3 is 0 Å². The number of hydrogen-bond acceptors (Lipinski definition) is 3. The summed E-state index contributed by atoms with van der Waals surface area (Å²) < 4.78 is 13.5. The van der Waals surface area contributed by atoms with Gasteiger partial charge in [0.25, 0.3) is 0 Å². The van der Waals surface area contributed by atoms with E-state index in [2.05, 4.69) is 16.0 Å². The number of halogens is 1. The number of hydrogen-bond donors (Lipinski definition) is 3. The molecule has 1 aromatic rings. The molecule has 104 valence electrons. The largest absolute Gasteiger partial charge is 0.351 e. The van der Waals surface area contributed by atoms with Crippen LogP contribution in [0.5, 0.6) is 0 Å². The van der Waals surface area contributed by atoms with Crippen molar-refractivity contribution >= 4 is 5.91 Å². The van der Waals surface area contributed by atoms with Gasteiger partial charge in [-0.1, -0.05) is 12.1 Å². The highest BCUT2D eigenvalue weighted by Gasteiger charge is 2.19. The molecule has 1 unspecified atom stereocenters. The van der Waals surface area contributed by atoms with Crippen LogP contribution in [-0.2, 0) is 11.3 Å². The van der Waals surface area contributed by atoms with Crippen molar-refractivity contribution in [1.29, 1.82) is 0 Å². The Kier molecular flexibility index (Phi) is 4.50. The molecule has 0 spiro atoms. The van der Waals surface area contributed by atoms with Crippen LogP contribution in [-0.4, -0.2) is 31.6 Å². The van der Waals surface area contributed by atoms with Gasteiger partial charge in [0.05, 0.1) is 6.04 Å². The maximum absolute atomic E-state index is 13.5. The fourth-order valence-corrected chi connectivity index (χ4v) is 2.29. The first-order valence-electron chi connectivity index (χ1n) is 6.55. The van der Waals surface area contributed by atoms with Crippen molar-refractivity contribution in [2.45, 2.75) is 26.4 Å². The maximum Gasteiger partial charge on any atom is 0.238 e. The predicted molar refractivity (Wildman–Crippen MR) is 72.4 cm³/mol. The number of carbonyl (C=O) groups excluding carboxylic acids is 1. The molecule has 1 atom stereocenters. The average Bonchev–Trinajstić information content (AvgIpc) is 2.43. The standard InChI is InChI=1S/C14H20FN3O/c1-9-5-11(6-10(2)13(9)15)7-18-14(19)12-8-16-3-4-17-12/h5-6,12,16-17H,3-4,7-8H2,1-2H3,(H,18,19). The van der Waals surface area contributed by atoms with Crippen LogP contribution in [0.4, 0.5) is 4.39 Å². The summed E-state index contributed by atoms with van der Waals surface area (Å²) >= 11 is 0. The summed E-state index contributed by atoms with van der Waals surface area (Å²) in [5.41, 5.74) is 2.15. The first kappa shape index (κ1) is 14.0. The molecule has 0 aromatic heterocycles. The van der Waals surface area contributed by atoms with E-state index in [1.165, 1.54) is 0 Å². The number of aryl methyl sites for hydroxylation is 2. The molecule has 1 aliphatic heterocycles. The zero-order valence-corrected chi connectivity index (χ0v) is 11.3. The quantitative estimate of drug-likeness (QED) is 0.751. The van der Waals surface area contributed by atoms with E-state index in [1.807, 2.05) is 0 Å². The summed E-state index contributed by atoms with van der Waals surface area (Å²) in [7, 11) is 0. The number of carbonyl (C=O) groups is 1. The number of nitrogens with one attached hydrogen (secondary N) is 3. The van der Waals surface area contributed by atoms with Crippen molar-refractivity contribution in [2.75, 3.05) is 19.6 Å². The summed E-state index contributed by atoms with van der Waals surface area (Å²) in [5, 5.41) is 9.20. The smallest absolute Gasteiger partial charge is 0.238 e. The van der Waals surface area contributed by atoms with Gasteiger partial charge in [-0.05, 0) is 30.5 Å². The Balaban J connectivity index is 1.93. The summed E-state index contributed by atoms with van der Waals surface area (Å²) in [6, 6.07) is 3.36. The highest BCUT2D eigenvalue weighted by atomic mass is 19.1. The lowest BCUT2D eigenvalue weighted by Crippen LogP contribution is -2.55. The number of amides is 1. The molecule has 1 aliphatic rings. The van der Waals surface area contributed by atoms with Gasteiger partial charge in [0, 0.05) is 26.2 Å². The van der Waals surface area contributed by atoms with E-state index in [9.17, 15) is 9.18 Å². The molecule has 0 bridgehead atoms. The minimum Gasteiger partial charge on any atom is -0.351 e. The second-order valence-electron chi connectivity index (χ2n) is 4.97. The van der Waals surface area contributed by atoms with Crippen LogP contribution in [0.2, 0.25) is 0 Å². The fraction of sp³-hybridized carbons (Fsp3) is 0.500. The van der Waals surface area contributed by atoms with E-state index < -0.39 is 0 Å². The third kappa shape index (κ3) is 3.52. The topological polar surface area (TPSA) is 53.2 Å². The molecule has 0 saturated carbocycles. The average molecular weight is 265 g/mol. The molecule has 4 nitrogen and oxygen atoms in total. The van der Waals surface area contributed by atoms with E-state index in [-0.39, 0.29) is 17.8 Å². The van der Waals surface area contributed by atoms with E-state index in [0.717, 1.165) is 18.7 Å². The minimum atomic E-state index is -0.184. The first-order valence-corrected chi connectivity index (χ1v) is 6.55.